The van der Waals surface area contributed by atoms with E-state index in [1.807, 2.05) is 30.3 Å². The Morgan fingerprint density at radius 2 is 1.80 bits per heavy atom. The molecule has 0 heterocycles. The van der Waals surface area contributed by atoms with Gasteiger partial charge in [-0.2, -0.15) is 0 Å². The summed E-state index contributed by atoms with van der Waals surface area (Å²) >= 11 is 0.0260. The summed E-state index contributed by atoms with van der Waals surface area (Å²) in [5.74, 6) is -2.06. The zero-order chi connectivity index (χ0) is 14.6. The molecule has 2 rings (SSSR count). The molecule has 0 bridgehead atoms. The van der Waals surface area contributed by atoms with E-state index in [0.29, 0.717) is 6.42 Å². The molecule has 1 aromatic carbocycles. The number of carbonyl (C=O) groups excluding carboxylic acids is 1. The van der Waals surface area contributed by atoms with Crippen LogP contribution in [0.4, 0.5) is 13.2 Å². The second-order valence-electron chi connectivity index (χ2n) is 4.70. The van der Waals surface area contributed by atoms with Crippen LogP contribution in [0, 0.1) is 0 Å². The SMILES string of the molecule is O=C(O[C@@H]1CCCCC1[Se]c1ccccc1)C(F)(F)F. The van der Waals surface area contributed by atoms with E-state index in [1.165, 1.54) is 0 Å². The Kier molecular flexibility index (Phi) is 5.11. The standard InChI is InChI=1S/C14H15F3O2Se/c15-14(16,17)13(18)19-11-8-4-5-9-12(11)20-10-6-2-1-3-7-10/h1-3,6-7,11-12H,4-5,8-9H2/t11-,12?/m1/s1. The molecular formula is C14H15F3O2Se. The molecule has 0 radical (unpaired) electrons. The number of hydrogen-bond acceptors (Lipinski definition) is 2. The van der Waals surface area contributed by atoms with Gasteiger partial charge in [0.1, 0.15) is 0 Å². The molecule has 6 heteroatoms. The molecule has 0 spiro atoms. The van der Waals surface area contributed by atoms with Gasteiger partial charge in [-0.1, -0.05) is 0 Å². The van der Waals surface area contributed by atoms with Crippen LogP contribution in [0.15, 0.2) is 30.3 Å². The first-order chi connectivity index (χ1) is 9.47. The van der Waals surface area contributed by atoms with Crippen molar-refractivity contribution in [2.45, 2.75) is 42.8 Å². The van der Waals surface area contributed by atoms with E-state index in [-0.39, 0.29) is 19.8 Å². The zero-order valence-electron chi connectivity index (χ0n) is 10.7. The summed E-state index contributed by atoms with van der Waals surface area (Å²) in [5.41, 5.74) is 0. The third-order valence-corrected chi connectivity index (χ3v) is 6.07. The number of benzene rings is 1. The number of ether oxygens (including phenoxy) is 1. The normalized spacial score (nSPS) is 23.4. The Hall–Kier alpha value is -1.00. The summed E-state index contributed by atoms with van der Waals surface area (Å²) in [6.07, 6.45) is -2.35. The Morgan fingerprint density at radius 3 is 2.45 bits per heavy atom. The number of alkyl halides is 3. The predicted octanol–water partition coefficient (Wildman–Crippen LogP) is 2.85. The van der Waals surface area contributed by atoms with Gasteiger partial charge in [-0.25, -0.2) is 0 Å². The molecule has 1 unspecified atom stereocenters. The topological polar surface area (TPSA) is 26.3 Å². The molecule has 0 N–H and O–H groups in total. The van der Waals surface area contributed by atoms with Gasteiger partial charge in [-0.3, -0.25) is 0 Å². The van der Waals surface area contributed by atoms with Crippen LogP contribution < -0.4 is 4.46 Å². The third kappa shape index (κ3) is 4.25. The van der Waals surface area contributed by atoms with Crippen molar-refractivity contribution in [2.75, 3.05) is 0 Å². The van der Waals surface area contributed by atoms with E-state index in [2.05, 4.69) is 0 Å². The van der Waals surface area contributed by atoms with Crippen LogP contribution in [-0.2, 0) is 9.53 Å². The molecule has 1 aromatic rings. The molecule has 1 aliphatic carbocycles. The maximum atomic E-state index is 12.3. The average Bonchev–Trinajstić information content (AvgIpc) is 2.41. The van der Waals surface area contributed by atoms with Gasteiger partial charge in [0.25, 0.3) is 0 Å². The number of rotatable bonds is 3. The first-order valence-corrected chi connectivity index (χ1v) is 8.31. The second kappa shape index (κ2) is 6.63. The van der Waals surface area contributed by atoms with Crippen molar-refractivity contribution in [2.24, 2.45) is 0 Å². The van der Waals surface area contributed by atoms with E-state index in [1.54, 1.807) is 0 Å². The van der Waals surface area contributed by atoms with Gasteiger partial charge in [-0.15, -0.1) is 0 Å². The second-order valence-corrected chi connectivity index (χ2v) is 7.45. The van der Waals surface area contributed by atoms with E-state index >= 15 is 0 Å². The van der Waals surface area contributed by atoms with E-state index in [9.17, 15) is 18.0 Å². The van der Waals surface area contributed by atoms with Gasteiger partial charge in [0.15, 0.2) is 0 Å². The number of halogens is 3. The Labute approximate surface area is 121 Å². The van der Waals surface area contributed by atoms with Crippen molar-refractivity contribution in [1.82, 2.24) is 0 Å². The molecule has 1 aliphatic rings. The van der Waals surface area contributed by atoms with Crippen LogP contribution in [0.1, 0.15) is 25.7 Å². The minimum atomic E-state index is -4.90. The van der Waals surface area contributed by atoms with Crippen molar-refractivity contribution in [1.29, 1.82) is 0 Å². The molecule has 0 amide bonds. The summed E-state index contributed by atoms with van der Waals surface area (Å²) in [6, 6.07) is 9.67. The molecule has 110 valence electrons. The average molecular weight is 351 g/mol. The summed E-state index contributed by atoms with van der Waals surface area (Å²) in [5, 5.41) is 0. The fourth-order valence-corrected chi connectivity index (χ4v) is 4.92. The molecule has 2 nitrogen and oxygen atoms in total. The van der Waals surface area contributed by atoms with Crippen molar-refractivity contribution in [3.8, 4) is 0 Å². The molecule has 1 saturated carbocycles. The number of hydrogen-bond donors (Lipinski definition) is 0. The zero-order valence-corrected chi connectivity index (χ0v) is 12.4. The molecule has 2 atom stereocenters. The van der Waals surface area contributed by atoms with Crippen LogP contribution in [0.3, 0.4) is 0 Å². The van der Waals surface area contributed by atoms with Crippen molar-refractivity contribution >= 4 is 25.4 Å². The van der Waals surface area contributed by atoms with E-state index in [0.717, 1.165) is 23.7 Å². The fraction of sp³-hybridized carbons (Fsp3) is 0.500. The van der Waals surface area contributed by atoms with Gasteiger partial charge in [0, 0.05) is 0 Å². The van der Waals surface area contributed by atoms with Crippen LogP contribution in [0.25, 0.3) is 0 Å². The first kappa shape index (κ1) is 15.4. The summed E-state index contributed by atoms with van der Waals surface area (Å²) in [6.45, 7) is 0. The van der Waals surface area contributed by atoms with E-state index < -0.39 is 18.2 Å². The molecule has 0 aromatic heterocycles. The van der Waals surface area contributed by atoms with Gasteiger partial charge in [-0.05, 0) is 0 Å². The van der Waals surface area contributed by atoms with E-state index in [4.69, 9.17) is 4.74 Å². The minimum absolute atomic E-state index is 0.0260. The molecule has 0 saturated heterocycles. The van der Waals surface area contributed by atoms with Crippen molar-refractivity contribution in [3.05, 3.63) is 30.3 Å². The van der Waals surface area contributed by atoms with Gasteiger partial charge in [0.05, 0.1) is 0 Å². The van der Waals surface area contributed by atoms with Crippen LogP contribution in [-0.4, -0.2) is 33.2 Å². The molecule has 0 aliphatic heterocycles. The summed E-state index contributed by atoms with van der Waals surface area (Å²) in [7, 11) is 0. The number of carbonyl (C=O) groups is 1. The predicted molar refractivity (Wildman–Crippen MR) is 70.0 cm³/mol. The Balaban J connectivity index is 2.00. The first-order valence-electron chi connectivity index (χ1n) is 6.46. The molecule has 20 heavy (non-hydrogen) atoms. The third-order valence-electron chi connectivity index (χ3n) is 3.16. The van der Waals surface area contributed by atoms with Crippen molar-refractivity contribution < 1.29 is 22.7 Å². The van der Waals surface area contributed by atoms with Crippen LogP contribution >= 0.6 is 0 Å². The Bertz CT molecular complexity index is 447. The van der Waals surface area contributed by atoms with Gasteiger partial charge in [0.2, 0.25) is 0 Å². The molecular weight excluding hydrogens is 336 g/mol. The monoisotopic (exact) mass is 352 g/mol. The Morgan fingerprint density at radius 1 is 1.15 bits per heavy atom. The van der Waals surface area contributed by atoms with Crippen LogP contribution in [0.5, 0.6) is 0 Å². The fourth-order valence-electron chi connectivity index (χ4n) is 2.21. The summed E-state index contributed by atoms with van der Waals surface area (Å²) < 4.78 is 42.7. The van der Waals surface area contributed by atoms with Gasteiger partial charge < -0.3 is 0 Å². The van der Waals surface area contributed by atoms with Gasteiger partial charge >= 0.3 is 121 Å². The number of esters is 1. The maximum absolute atomic E-state index is 12.3. The molecule has 1 fully saturated rings. The van der Waals surface area contributed by atoms with Crippen molar-refractivity contribution in [3.63, 3.8) is 0 Å². The van der Waals surface area contributed by atoms with Crippen LogP contribution in [0.2, 0.25) is 4.82 Å². The summed E-state index contributed by atoms with van der Waals surface area (Å²) in [4.78, 5) is 11.0. The quantitative estimate of drug-likeness (QED) is 0.618.